The van der Waals surface area contributed by atoms with Crippen LogP contribution in [0.4, 0.5) is 5.82 Å². The molecule has 2 rings (SSSR count). The van der Waals surface area contributed by atoms with Crippen LogP contribution in [-0.4, -0.2) is 26.5 Å². The van der Waals surface area contributed by atoms with Crippen molar-refractivity contribution in [3.63, 3.8) is 0 Å². The second-order valence-corrected chi connectivity index (χ2v) is 4.63. The van der Waals surface area contributed by atoms with E-state index < -0.39 is 0 Å². The van der Waals surface area contributed by atoms with Crippen molar-refractivity contribution in [1.29, 1.82) is 0 Å². The lowest BCUT2D eigenvalue weighted by atomic mass is 10.3. The van der Waals surface area contributed by atoms with Crippen molar-refractivity contribution < 1.29 is 0 Å². The molecule has 1 N–H and O–H groups in total. The summed E-state index contributed by atoms with van der Waals surface area (Å²) in [5, 5.41) is 7.78. The first-order chi connectivity index (χ1) is 7.66. The second-order valence-electron chi connectivity index (χ2n) is 3.89. The third-order valence-electron chi connectivity index (χ3n) is 2.35. The van der Waals surface area contributed by atoms with E-state index in [2.05, 4.69) is 15.4 Å². The van der Waals surface area contributed by atoms with Crippen molar-refractivity contribution in [2.75, 3.05) is 11.9 Å². The molecule has 0 spiro atoms. The van der Waals surface area contributed by atoms with Gasteiger partial charge in [0.05, 0.1) is 5.69 Å². The Hall–Kier alpha value is -1.29. The largest absolute Gasteiger partial charge is 0.368 e. The third kappa shape index (κ3) is 2.44. The van der Waals surface area contributed by atoms with Gasteiger partial charge in [-0.3, -0.25) is 0 Å². The van der Waals surface area contributed by atoms with Crippen LogP contribution in [-0.2, 0) is 0 Å². The Balaban J connectivity index is 2.17. The standard InChI is InChI=1S/C11H15ClN4/c1-8(12)3-4-13-11-10-7-9(2)15-16(10)6-5-14-11/h5-8H,3-4H2,1-2H3,(H,13,14). The summed E-state index contributed by atoms with van der Waals surface area (Å²) >= 11 is 5.89. The maximum atomic E-state index is 5.89. The van der Waals surface area contributed by atoms with E-state index >= 15 is 0 Å². The van der Waals surface area contributed by atoms with Gasteiger partial charge >= 0.3 is 0 Å². The van der Waals surface area contributed by atoms with E-state index in [0.29, 0.717) is 0 Å². The van der Waals surface area contributed by atoms with Gasteiger partial charge in [-0.25, -0.2) is 9.50 Å². The maximum Gasteiger partial charge on any atom is 0.152 e. The molecular formula is C11H15ClN4. The van der Waals surface area contributed by atoms with Gasteiger partial charge in [-0.1, -0.05) is 0 Å². The minimum Gasteiger partial charge on any atom is -0.368 e. The highest BCUT2D eigenvalue weighted by Gasteiger charge is 2.04. The van der Waals surface area contributed by atoms with Gasteiger partial charge in [0, 0.05) is 24.3 Å². The number of nitrogens with zero attached hydrogens (tertiary/aromatic N) is 3. The quantitative estimate of drug-likeness (QED) is 0.833. The van der Waals surface area contributed by atoms with Crippen molar-refractivity contribution >= 4 is 22.9 Å². The fraction of sp³-hybridized carbons (Fsp3) is 0.455. The molecule has 1 atom stereocenters. The summed E-state index contributed by atoms with van der Waals surface area (Å²) in [6.07, 6.45) is 4.50. The van der Waals surface area contributed by atoms with Crippen LogP contribution in [0.2, 0.25) is 0 Å². The fourth-order valence-electron chi connectivity index (χ4n) is 1.57. The molecule has 0 saturated carbocycles. The monoisotopic (exact) mass is 238 g/mol. The molecule has 0 amide bonds. The first kappa shape index (κ1) is 11.2. The average molecular weight is 239 g/mol. The van der Waals surface area contributed by atoms with Crippen LogP contribution < -0.4 is 5.32 Å². The van der Waals surface area contributed by atoms with Crippen LogP contribution >= 0.6 is 11.6 Å². The zero-order valence-electron chi connectivity index (χ0n) is 9.44. The molecule has 0 aliphatic rings. The summed E-state index contributed by atoms with van der Waals surface area (Å²) in [5.74, 6) is 0.861. The van der Waals surface area contributed by atoms with Crippen LogP contribution in [0.15, 0.2) is 18.5 Å². The molecule has 0 fully saturated rings. The van der Waals surface area contributed by atoms with Gasteiger partial charge in [0.25, 0.3) is 0 Å². The van der Waals surface area contributed by atoms with E-state index in [1.54, 1.807) is 6.20 Å². The molecule has 2 aromatic rings. The Kier molecular flexibility index (Phi) is 3.29. The van der Waals surface area contributed by atoms with Gasteiger partial charge in [-0.15, -0.1) is 11.6 Å². The number of fused-ring (bicyclic) bond motifs is 1. The van der Waals surface area contributed by atoms with Crippen LogP contribution in [0, 0.1) is 6.92 Å². The fourth-order valence-corrected chi connectivity index (χ4v) is 1.68. The van der Waals surface area contributed by atoms with Gasteiger partial charge in [-0.05, 0) is 26.3 Å². The Morgan fingerprint density at radius 2 is 2.38 bits per heavy atom. The van der Waals surface area contributed by atoms with E-state index in [9.17, 15) is 0 Å². The minimum absolute atomic E-state index is 0.180. The van der Waals surface area contributed by atoms with Crippen LogP contribution in [0.1, 0.15) is 19.0 Å². The molecule has 0 saturated heterocycles. The van der Waals surface area contributed by atoms with Gasteiger partial charge in [0.1, 0.15) is 5.52 Å². The average Bonchev–Trinajstić information content (AvgIpc) is 2.58. The zero-order chi connectivity index (χ0) is 11.5. The van der Waals surface area contributed by atoms with Crippen LogP contribution in [0.25, 0.3) is 5.52 Å². The van der Waals surface area contributed by atoms with Crippen molar-refractivity contribution in [2.45, 2.75) is 25.6 Å². The second kappa shape index (κ2) is 4.70. The first-order valence-corrected chi connectivity index (χ1v) is 5.79. The minimum atomic E-state index is 0.180. The Morgan fingerprint density at radius 1 is 1.56 bits per heavy atom. The topological polar surface area (TPSA) is 42.2 Å². The van der Waals surface area contributed by atoms with E-state index in [0.717, 1.165) is 30.0 Å². The lowest BCUT2D eigenvalue weighted by Gasteiger charge is -2.07. The Bertz CT molecular complexity index is 478. The predicted molar refractivity (Wildman–Crippen MR) is 66.1 cm³/mol. The molecule has 2 aromatic heterocycles. The summed E-state index contributed by atoms with van der Waals surface area (Å²) in [6, 6.07) is 2.01. The van der Waals surface area contributed by atoms with Crippen LogP contribution in [0.5, 0.6) is 0 Å². The van der Waals surface area contributed by atoms with Gasteiger partial charge in [-0.2, -0.15) is 5.10 Å². The molecule has 1 unspecified atom stereocenters. The number of rotatable bonds is 4. The van der Waals surface area contributed by atoms with Crippen molar-refractivity contribution in [1.82, 2.24) is 14.6 Å². The molecular weight excluding hydrogens is 224 g/mol. The highest BCUT2D eigenvalue weighted by Crippen LogP contribution is 2.14. The number of nitrogens with one attached hydrogen (secondary N) is 1. The van der Waals surface area contributed by atoms with E-state index in [-0.39, 0.29) is 5.38 Å². The number of aryl methyl sites for hydroxylation is 1. The predicted octanol–water partition coefficient (Wildman–Crippen LogP) is 2.47. The molecule has 0 bridgehead atoms. The number of anilines is 1. The summed E-state index contributed by atoms with van der Waals surface area (Å²) in [6.45, 7) is 4.78. The normalized spacial score (nSPS) is 12.9. The molecule has 4 nitrogen and oxygen atoms in total. The maximum absolute atomic E-state index is 5.89. The lowest BCUT2D eigenvalue weighted by molar-refractivity contribution is 0.837. The van der Waals surface area contributed by atoms with Gasteiger partial charge < -0.3 is 5.32 Å². The summed E-state index contributed by atoms with van der Waals surface area (Å²) in [5.41, 5.74) is 1.99. The zero-order valence-corrected chi connectivity index (χ0v) is 10.2. The summed E-state index contributed by atoms with van der Waals surface area (Å²) in [7, 11) is 0. The van der Waals surface area contributed by atoms with Crippen molar-refractivity contribution in [2.24, 2.45) is 0 Å². The Labute approximate surface area is 99.6 Å². The molecule has 5 heteroatoms. The van der Waals surface area contributed by atoms with Crippen LogP contribution in [0.3, 0.4) is 0 Å². The van der Waals surface area contributed by atoms with E-state index in [1.807, 2.05) is 30.6 Å². The lowest BCUT2D eigenvalue weighted by Crippen LogP contribution is -2.08. The van der Waals surface area contributed by atoms with E-state index in [4.69, 9.17) is 11.6 Å². The summed E-state index contributed by atoms with van der Waals surface area (Å²) < 4.78 is 1.83. The molecule has 0 aromatic carbocycles. The van der Waals surface area contributed by atoms with Gasteiger partial charge in [0.15, 0.2) is 5.82 Å². The first-order valence-electron chi connectivity index (χ1n) is 5.36. The third-order valence-corrected chi connectivity index (χ3v) is 2.56. The summed E-state index contributed by atoms with van der Waals surface area (Å²) in [4.78, 5) is 4.30. The van der Waals surface area contributed by atoms with Crippen molar-refractivity contribution in [3.05, 3.63) is 24.2 Å². The number of hydrogen-bond acceptors (Lipinski definition) is 3. The highest BCUT2D eigenvalue weighted by atomic mass is 35.5. The Morgan fingerprint density at radius 3 is 3.12 bits per heavy atom. The SMILES string of the molecule is Cc1cc2c(NCCC(C)Cl)nccn2n1. The molecule has 0 aliphatic heterocycles. The number of aromatic nitrogens is 3. The number of hydrogen-bond donors (Lipinski definition) is 1. The highest BCUT2D eigenvalue weighted by molar-refractivity contribution is 6.20. The molecule has 86 valence electrons. The molecule has 0 radical (unpaired) electrons. The van der Waals surface area contributed by atoms with Gasteiger partial charge in [0.2, 0.25) is 0 Å². The number of halogens is 1. The molecule has 0 aliphatic carbocycles. The number of alkyl halides is 1. The molecule has 16 heavy (non-hydrogen) atoms. The smallest absolute Gasteiger partial charge is 0.152 e. The van der Waals surface area contributed by atoms with Crippen molar-refractivity contribution in [3.8, 4) is 0 Å². The van der Waals surface area contributed by atoms with E-state index in [1.165, 1.54) is 0 Å². The molecule has 2 heterocycles.